The molecular formula is C23H27N3O5S. The predicted octanol–water partition coefficient (Wildman–Crippen LogP) is 2.48. The number of nitrogens with zero attached hydrogens (tertiary/aromatic N) is 3. The van der Waals surface area contributed by atoms with Gasteiger partial charge in [-0.25, -0.2) is 13.3 Å². The number of sulfonamides is 1. The topological polar surface area (TPSA) is 87.2 Å². The van der Waals surface area contributed by atoms with Crippen LogP contribution in [0.25, 0.3) is 0 Å². The summed E-state index contributed by atoms with van der Waals surface area (Å²) in [7, 11) is -2.37. The lowest BCUT2D eigenvalue weighted by Crippen LogP contribution is -2.48. The molecule has 0 unspecified atom stereocenters. The monoisotopic (exact) mass is 457 g/mol. The van der Waals surface area contributed by atoms with Gasteiger partial charge in [0.05, 0.1) is 17.7 Å². The van der Waals surface area contributed by atoms with Crippen LogP contribution in [0.15, 0.2) is 41.3 Å². The first-order valence-electron chi connectivity index (χ1n) is 10.6. The molecule has 0 N–H and O–H groups in total. The van der Waals surface area contributed by atoms with E-state index in [4.69, 9.17) is 4.74 Å². The average Bonchev–Trinajstić information content (AvgIpc) is 3.13. The van der Waals surface area contributed by atoms with Crippen molar-refractivity contribution >= 4 is 33.2 Å². The van der Waals surface area contributed by atoms with Crippen LogP contribution in [0, 0.1) is 13.8 Å². The molecule has 2 amide bonds. The number of hydrogen-bond donors (Lipinski definition) is 0. The van der Waals surface area contributed by atoms with Crippen molar-refractivity contribution in [1.29, 1.82) is 0 Å². The maximum Gasteiger partial charge on any atom is 0.243 e. The van der Waals surface area contributed by atoms with Crippen LogP contribution in [0.5, 0.6) is 5.75 Å². The molecule has 0 saturated carbocycles. The van der Waals surface area contributed by atoms with Gasteiger partial charge >= 0.3 is 0 Å². The van der Waals surface area contributed by atoms with Gasteiger partial charge in [-0.2, -0.15) is 4.31 Å². The van der Waals surface area contributed by atoms with Crippen molar-refractivity contribution in [2.24, 2.45) is 0 Å². The van der Waals surface area contributed by atoms with Gasteiger partial charge in [0.25, 0.3) is 0 Å². The molecule has 0 atom stereocenters. The van der Waals surface area contributed by atoms with E-state index in [1.807, 2.05) is 6.07 Å². The summed E-state index contributed by atoms with van der Waals surface area (Å²) in [4.78, 5) is 27.7. The highest BCUT2D eigenvalue weighted by Gasteiger charge is 2.35. The largest absolute Gasteiger partial charge is 0.495 e. The molecule has 4 rings (SSSR count). The molecule has 2 aromatic carbocycles. The molecule has 0 radical (unpaired) electrons. The number of piperazine rings is 1. The number of amides is 2. The number of aryl methyl sites for hydroxylation is 1. The van der Waals surface area contributed by atoms with Gasteiger partial charge in [-0.3, -0.25) is 9.59 Å². The van der Waals surface area contributed by atoms with Crippen molar-refractivity contribution in [2.45, 2.75) is 31.6 Å². The second-order valence-electron chi connectivity index (χ2n) is 8.07. The summed E-state index contributed by atoms with van der Waals surface area (Å²) in [5.74, 6) is -0.428. The molecule has 0 aliphatic carbocycles. The normalized spacial score (nSPS) is 17.8. The van der Waals surface area contributed by atoms with Crippen molar-refractivity contribution in [3.63, 3.8) is 0 Å². The fourth-order valence-electron chi connectivity index (χ4n) is 4.25. The lowest BCUT2D eigenvalue weighted by molar-refractivity contribution is -0.121. The van der Waals surface area contributed by atoms with Gasteiger partial charge in [-0.1, -0.05) is 12.1 Å². The van der Waals surface area contributed by atoms with E-state index in [1.165, 1.54) is 40.7 Å². The summed E-state index contributed by atoms with van der Waals surface area (Å²) >= 11 is 0. The third kappa shape index (κ3) is 3.86. The summed E-state index contributed by atoms with van der Waals surface area (Å²) in [5.41, 5.74) is 3.70. The van der Waals surface area contributed by atoms with Crippen LogP contribution in [-0.4, -0.2) is 57.8 Å². The van der Waals surface area contributed by atoms with E-state index in [-0.39, 0.29) is 41.0 Å². The second kappa shape index (κ2) is 8.55. The van der Waals surface area contributed by atoms with Crippen molar-refractivity contribution in [1.82, 2.24) is 4.31 Å². The number of methoxy groups -OCH3 is 1. The Bertz CT molecular complexity index is 1150. The number of rotatable bonds is 5. The van der Waals surface area contributed by atoms with E-state index < -0.39 is 10.0 Å². The van der Waals surface area contributed by atoms with E-state index in [0.717, 1.165) is 10.6 Å². The molecule has 2 heterocycles. The van der Waals surface area contributed by atoms with E-state index in [0.29, 0.717) is 26.2 Å². The maximum absolute atomic E-state index is 13.4. The minimum Gasteiger partial charge on any atom is -0.495 e. The zero-order chi connectivity index (χ0) is 23.0. The summed E-state index contributed by atoms with van der Waals surface area (Å²) in [6.07, 6.45) is 0.221. The van der Waals surface area contributed by atoms with Crippen molar-refractivity contribution in [3.05, 3.63) is 47.5 Å². The number of imide groups is 1. The van der Waals surface area contributed by atoms with Crippen molar-refractivity contribution < 1.29 is 22.7 Å². The van der Waals surface area contributed by atoms with Crippen LogP contribution >= 0.6 is 0 Å². The fraction of sp³-hybridized carbons (Fsp3) is 0.391. The third-order valence-electron chi connectivity index (χ3n) is 6.24. The summed E-state index contributed by atoms with van der Waals surface area (Å²) in [6, 6.07) is 10.5. The van der Waals surface area contributed by atoms with Crippen molar-refractivity contribution in [3.8, 4) is 5.75 Å². The molecule has 32 heavy (non-hydrogen) atoms. The van der Waals surface area contributed by atoms with Crippen LogP contribution in [0.2, 0.25) is 0 Å². The summed E-state index contributed by atoms with van der Waals surface area (Å²) < 4.78 is 33.5. The zero-order valence-corrected chi connectivity index (χ0v) is 19.3. The molecule has 0 aromatic heterocycles. The molecule has 2 aliphatic heterocycles. The first-order valence-corrected chi connectivity index (χ1v) is 12.0. The molecule has 2 aliphatic rings. The molecular weight excluding hydrogens is 430 g/mol. The van der Waals surface area contributed by atoms with Gasteiger partial charge in [0.1, 0.15) is 5.75 Å². The lowest BCUT2D eigenvalue weighted by atomic mass is 10.1. The molecule has 170 valence electrons. The van der Waals surface area contributed by atoms with Crippen LogP contribution in [0.4, 0.5) is 11.4 Å². The van der Waals surface area contributed by atoms with Gasteiger partial charge in [0, 0.05) is 44.7 Å². The molecule has 2 fully saturated rings. The molecule has 2 aromatic rings. The number of carbonyl (C=O) groups is 2. The van der Waals surface area contributed by atoms with Gasteiger partial charge < -0.3 is 9.64 Å². The third-order valence-corrected chi connectivity index (χ3v) is 8.13. The molecule has 8 nitrogen and oxygen atoms in total. The fourth-order valence-corrected chi connectivity index (χ4v) is 5.69. The van der Waals surface area contributed by atoms with Gasteiger partial charge in [0.2, 0.25) is 21.8 Å². The Morgan fingerprint density at radius 3 is 2.16 bits per heavy atom. The smallest absolute Gasteiger partial charge is 0.243 e. The van der Waals surface area contributed by atoms with Crippen LogP contribution in [0.3, 0.4) is 0 Å². The van der Waals surface area contributed by atoms with Crippen LogP contribution in [-0.2, 0) is 19.6 Å². The Morgan fingerprint density at radius 1 is 0.875 bits per heavy atom. The van der Waals surface area contributed by atoms with E-state index in [1.54, 1.807) is 0 Å². The number of benzene rings is 2. The van der Waals surface area contributed by atoms with Gasteiger partial charge in [0.15, 0.2) is 0 Å². The zero-order valence-electron chi connectivity index (χ0n) is 18.5. The quantitative estimate of drug-likeness (QED) is 0.641. The van der Waals surface area contributed by atoms with E-state index in [9.17, 15) is 18.0 Å². The number of carbonyl (C=O) groups excluding carboxylic acids is 2. The molecule has 9 heteroatoms. The highest BCUT2D eigenvalue weighted by molar-refractivity contribution is 7.89. The average molecular weight is 458 g/mol. The first kappa shape index (κ1) is 22.3. The highest BCUT2D eigenvalue weighted by atomic mass is 32.2. The molecule has 0 bridgehead atoms. The van der Waals surface area contributed by atoms with Gasteiger partial charge in [-0.05, 0) is 49.2 Å². The Labute approximate surface area is 188 Å². The molecule has 2 saturated heterocycles. The van der Waals surface area contributed by atoms with Crippen LogP contribution < -0.4 is 14.5 Å². The van der Waals surface area contributed by atoms with E-state index in [2.05, 4.69) is 30.9 Å². The minimum atomic E-state index is -3.80. The van der Waals surface area contributed by atoms with E-state index >= 15 is 0 Å². The van der Waals surface area contributed by atoms with Gasteiger partial charge in [-0.15, -0.1) is 0 Å². The predicted molar refractivity (Wildman–Crippen MR) is 122 cm³/mol. The summed E-state index contributed by atoms with van der Waals surface area (Å²) in [6.45, 7) is 5.99. The number of anilines is 2. The standard InChI is InChI=1S/C23H27N3O5S/c1-16-5-4-6-19(17(16)2)24-11-13-25(14-12-24)32(29,30)18-7-8-21(31-3)20(15-18)26-22(27)9-10-23(26)28/h4-8,15H,9-14H2,1-3H3. The van der Waals surface area contributed by atoms with Crippen LogP contribution in [0.1, 0.15) is 24.0 Å². The minimum absolute atomic E-state index is 0.0426. The first-order chi connectivity index (χ1) is 15.2. The Morgan fingerprint density at radius 2 is 1.53 bits per heavy atom. The maximum atomic E-state index is 13.4. The van der Waals surface area contributed by atoms with Crippen molar-refractivity contribution in [2.75, 3.05) is 43.1 Å². The second-order valence-corrected chi connectivity index (χ2v) is 10.0. The number of ether oxygens (including phenoxy) is 1. The Kier molecular flexibility index (Phi) is 5.96. The Hall–Kier alpha value is -2.91. The SMILES string of the molecule is COc1ccc(S(=O)(=O)N2CCN(c3cccc(C)c3C)CC2)cc1N1C(=O)CCC1=O. The number of hydrogen-bond acceptors (Lipinski definition) is 6. The summed E-state index contributed by atoms with van der Waals surface area (Å²) in [5, 5.41) is 0. The lowest BCUT2D eigenvalue weighted by Gasteiger charge is -2.36. The Balaban J connectivity index is 1.58. The highest BCUT2D eigenvalue weighted by Crippen LogP contribution is 2.35. The molecule has 0 spiro atoms.